The van der Waals surface area contributed by atoms with Crippen molar-refractivity contribution in [1.29, 1.82) is 0 Å². The molecule has 0 bridgehead atoms. The number of carbonyl (C=O) groups is 2. The number of hydrogen-bond donors (Lipinski definition) is 2. The van der Waals surface area contributed by atoms with Gasteiger partial charge < -0.3 is 24.8 Å². The second kappa shape index (κ2) is 17.5. The third kappa shape index (κ3) is 11.4. The van der Waals surface area contributed by atoms with Crippen molar-refractivity contribution in [3.05, 3.63) is 65.2 Å². The highest BCUT2D eigenvalue weighted by Crippen LogP contribution is 2.25. The maximum atomic E-state index is 11.5. The predicted octanol–water partition coefficient (Wildman–Crippen LogP) is 5.91. The fourth-order valence-electron chi connectivity index (χ4n) is 4.49. The fourth-order valence-corrected chi connectivity index (χ4v) is 4.49. The Hall–Kier alpha value is -2.90. The molecule has 0 spiro atoms. The van der Waals surface area contributed by atoms with E-state index >= 15 is 0 Å². The standard InChI is InChI=1S/C23H35NO5.C7H9N/c1-3-4-5-12-24(17-25)13-14-28-20-10-7-11-21(15-20)29-16-19-9-6-8-18(2)22(19)23(26)27;1-8-7-5-3-2-4-6-7/h6,8-9,17,20-21H,3-5,7,10-16H2,1-2H3,(H,26,27);2-6,8H,1H3. The van der Waals surface area contributed by atoms with Gasteiger partial charge in [-0.05, 0) is 62.3 Å². The van der Waals surface area contributed by atoms with E-state index in [9.17, 15) is 14.7 Å². The second-order valence-electron chi connectivity index (χ2n) is 9.47. The molecule has 3 rings (SSSR count). The Labute approximate surface area is 222 Å². The van der Waals surface area contributed by atoms with Crippen LogP contribution >= 0.6 is 0 Å². The van der Waals surface area contributed by atoms with E-state index in [0.29, 0.717) is 30.9 Å². The van der Waals surface area contributed by atoms with Crippen molar-refractivity contribution in [2.24, 2.45) is 0 Å². The minimum absolute atomic E-state index is 0.0719. The van der Waals surface area contributed by atoms with E-state index in [0.717, 1.165) is 69.2 Å². The van der Waals surface area contributed by atoms with Gasteiger partial charge in [0.05, 0.1) is 31.0 Å². The Balaban J connectivity index is 0.000000510. The highest BCUT2D eigenvalue weighted by molar-refractivity contribution is 5.91. The number of hydrogen-bond acceptors (Lipinski definition) is 5. The maximum Gasteiger partial charge on any atom is 0.336 e. The molecule has 204 valence electrons. The number of rotatable bonds is 14. The van der Waals surface area contributed by atoms with Gasteiger partial charge in [-0.2, -0.15) is 0 Å². The monoisotopic (exact) mass is 512 g/mol. The van der Waals surface area contributed by atoms with Gasteiger partial charge in [-0.15, -0.1) is 0 Å². The molecular formula is C30H44N2O5. The lowest BCUT2D eigenvalue weighted by atomic mass is 9.94. The van der Waals surface area contributed by atoms with Crippen LogP contribution in [0.5, 0.6) is 0 Å². The number of ether oxygens (including phenoxy) is 2. The molecule has 2 atom stereocenters. The Morgan fingerprint density at radius 1 is 1.05 bits per heavy atom. The summed E-state index contributed by atoms with van der Waals surface area (Å²) in [6.07, 6.45) is 8.23. The van der Waals surface area contributed by atoms with E-state index in [1.54, 1.807) is 4.90 Å². The van der Waals surface area contributed by atoms with Gasteiger partial charge >= 0.3 is 5.97 Å². The third-order valence-electron chi connectivity index (χ3n) is 6.62. The van der Waals surface area contributed by atoms with Crippen LogP contribution in [0.15, 0.2) is 48.5 Å². The van der Waals surface area contributed by atoms with Crippen molar-refractivity contribution in [3.8, 4) is 0 Å². The lowest BCUT2D eigenvalue weighted by Gasteiger charge is -2.30. The molecule has 1 saturated carbocycles. The summed E-state index contributed by atoms with van der Waals surface area (Å²) >= 11 is 0. The summed E-state index contributed by atoms with van der Waals surface area (Å²) in [5.74, 6) is -0.912. The molecule has 1 fully saturated rings. The molecule has 1 aliphatic rings. The third-order valence-corrected chi connectivity index (χ3v) is 6.62. The van der Waals surface area contributed by atoms with E-state index in [1.807, 2.05) is 62.5 Å². The van der Waals surface area contributed by atoms with Crippen LogP contribution in [0.2, 0.25) is 0 Å². The van der Waals surface area contributed by atoms with E-state index in [1.165, 1.54) is 0 Å². The van der Waals surface area contributed by atoms with Crippen molar-refractivity contribution < 1.29 is 24.2 Å². The fraction of sp³-hybridized carbons (Fsp3) is 0.533. The van der Waals surface area contributed by atoms with Crippen molar-refractivity contribution in [2.45, 2.75) is 77.6 Å². The first kappa shape index (κ1) is 30.3. The topological polar surface area (TPSA) is 88.1 Å². The first-order valence-electron chi connectivity index (χ1n) is 13.5. The number of carboxylic acids is 1. The lowest BCUT2D eigenvalue weighted by molar-refractivity contribution is -0.119. The smallest absolute Gasteiger partial charge is 0.336 e. The van der Waals surface area contributed by atoms with Gasteiger partial charge in [0.25, 0.3) is 0 Å². The normalized spacial score (nSPS) is 16.8. The average Bonchev–Trinajstić information content (AvgIpc) is 2.92. The Morgan fingerprint density at radius 2 is 1.78 bits per heavy atom. The molecule has 2 N–H and O–H groups in total. The van der Waals surface area contributed by atoms with Gasteiger partial charge in [-0.25, -0.2) is 4.79 Å². The summed E-state index contributed by atoms with van der Waals surface area (Å²) in [5, 5.41) is 12.5. The van der Waals surface area contributed by atoms with Crippen LogP contribution in [0, 0.1) is 6.92 Å². The highest BCUT2D eigenvalue weighted by atomic mass is 16.5. The summed E-state index contributed by atoms with van der Waals surface area (Å²) in [7, 11) is 1.91. The van der Waals surface area contributed by atoms with Gasteiger partial charge in [-0.3, -0.25) is 4.79 Å². The number of para-hydroxylation sites is 1. The first-order valence-corrected chi connectivity index (χ1v) is 13.5. The van der Waals surface area contributed by atoms with Crippen molar-refractivity contribution in [2.75, 3.05) is 32.1 Å². The number of aryl methyl sites for hydroxylation is 1. The Morgan fingerprint density at radius 3 is 2.41 bits per heavy atom. The number of nitrogens with one attached hydrogen (secondary N) is 1. The molecule has 7 nitrogen and oxygen atoms in total. The molecule has 1 aliphatic carbocycles. The number of unbranched alkanes of at least 4 members (excludes halogenated alkanes) is 2. The van der Waals surface area contributed by atoms with Crippen LogP contribution in [0.3, 0.4) is 0 Å². The van der Waals surface area contributed by atoms with Crippen LogP contribution in [0.4, 0.5) is 5.69 Å². The molecule has 2 aromatic rings. The van der Waals surface area contributed by atoms with Crippen LogP contribution < -0.4 is 5.32 Å². The van der Waals surface area contributed by atoms with Gasteiger partial charge in [0.15, 0.2) is 0 Å². The quantitative estimate of drug-likeness (QED) is 0.242. The zero-order chi connectivity index (χ0) is 26.9. The second-order valence-corrected chi connectivity index (χ2v) is 9.47. The predicted molar refractivity (Wildman–Crippen MR) is 148 cm³/mol. The SMILES string of the molecule is CCCCCN(C=O)CCOC1CCCC(OCc2cccc(C)c2C(=O)O)C1.CNc1ccccc1. The molecule has 2 unspecified atom stereocenters. The molecule has 2 aromatic carbocycles. The number of carboxylic acid groups (broad SMARTS) is 1. The highest BCUT2D eigenvalue weighted by Gasteiger charge is 2.24. The molecule has 0 heterocycles. The molecular weight excluding hydrogens is 468 g/mol. The van der Waals surface area contributed by atoms with Gasteiger partial charge in [-0.1, -0.05) is 56.2 Å². The zero-order valence-electron chi connectivity index (χ0n) is 22.7. The largest absolute Gasteiger partial charge is 0.478 e. The zero-order valence-corrected chi connectivity index (χ0v) is 22.7. The van der Waals surface area contributed by atoms with E-state index in [-0.39, 0.29) is 12.2 Å². The average molecular weight is 513 g/mol. The van der Waals surface area contributed by atoms with Crippen LogP contribution in [-0.4, -0.2) is 61.3 Å². The van der Waals surface area contributed by atoms with Gasteiger partial charge in [0, 0.05) is 25.8 Å². The van der Waals surface area contributed by atoms with Crippen molar-refractivity contribution in [1.82, 2.24) is 4.90 Å². The number of anilines is 1. The van der Waals surface area contributed by atoms with E-state index < -0.39 is 5.97 Å². The summed E-state index contributed by atoms with van der Waals surface area (Å²) in [5.41, 5.74) is 2.97. The van der Waals surface area contributed by atoms with E-state index in [4.69, 9.17) is 9.47 Å². The van der Waals surface area contributed by atoms with Crippen LogP contribution in [-0.2, 0) is 20.9 Å². The number of amides is 1. The lowest BCUT2D eigenvalue weighted by Crippen LogP contribution is -2.32. The summed E-state index contributed by atoms with van der Waals surface area (Å²) in [4.78, 5) is 24.5. The molecule has 0 aliphatic heterocycles. The first-order chi connectivity index (χ1) is 18.0. The number of carbonyl (C=O) groups excluding carboxylic acids is 1. The molecule has 0 aromatic heterocycles. The van der Waals surface area contributed by atoms with E-state index in [2.05, 4.69) is 12.2 Å². The number of benzene rings is 2. The van der Waals surface area contributed by atoms with Gasteiger partial charge in [0.1, 0.15) is 0 Å². The Kier molecular flexibility index (Phi) is 14.4. The van der Waals surface area contributed by atoms with Crippen LogP contribution in [0.25, 0.3) is 0 Å². The minimum atomic E-state index is -0.912. The number of aromatic carboxylic acids is 1. The molecule has 1 amide bonds. The van der Waals surface area contributed by atoms with Crippen molar-refractivity contribution in [3.63, 3.8) is 0 Å². The summed E-state index contributed by atoms with van der Waals surface area (Å²) in [6.45, 7) is 6.22. The molecule has 7 heteroatoms. The summed E-state index contributed by atoms with van der Waals surface area (Å²) < 4.78 is 12.1. The molecule has 0 radical (unpaired) electrons. The number of nitrogens with zero attached hydrogens (tertiary/aromatic N) is 1. The summed E-state index contributed by atoms with van der Waals surface area (Å²) in [6, 6.07) is 15.6. The van der Waals surface area contributed by atoms with Crippen molar-refractivity contribution >= 4 is 18.1 Å². The minimum Gasteiger partial charge on any atom is -0.478 e. The molecule has 37 heavy (non-hydrogen) atoms. The van der Waals surface area contributed by atoms with Crippen LogP contribution in [0.1, 0.15) is 73.4 Å². The maximum absolute atomic E-state index is 11.5. The van der Waals surface area contributed by atoms with Gasteiger partial charge in [0.2, 0.25) is 6.41 Å². The Bertz CT molecular complexity index is 921. The molecule has 0 saturated heterocycles.